The van der Waals surface area contributed by atoms with Gasteiger partial charge < -0.3 is 10.4 Å². The van der Waals surface area contributed by atoms with Crippen molar-refractivity contribution in [3.63, 3.8) is 0 Å². The van der Waals surface area contributed by atoms with Crippen LogP contribution in [-0.4, -0.2) is 23.0 Å². The Kier molecular flexibility index (Phi) is 9.49. The summed E-state index contributed by atoms with van der Waals surface area (Å²) in [4.78, 5) is 21.8. The Morgan fingerprint density at radius 2 is 1.59 bits per heavy atom. The number of carboxylic acid groups (broad SMARTS) is 1. The van der Waals surface area contributed by atoms with Crippen molar-refractivity contribution in [1.29, 1.82) is 0 Å². The van der Waals surface area contributed by atoms with Gasteiger partial charge in [-0.1, -0.05) is 45.4 Å². The molecule has 1 amide bonds. The van der Waals surface area contributed by atoms with E-state index in [0.717, 1.165) is 12.8 Å². The van der Waals surface area contributed by atoms with Gasteiger partial charge in [0.05, 0.1) is 0 Å². The van der Waals surface area contributed by atoms with Gasteiger partial charge in [-0.05, 0) is 13.3 Å². The van der Waals surface area contributed by atoms with Gasteiger partial charge in [0.2, 0.25) is 5.91 Å². The number of nitrogens with one attached hydrogen (secondary N) is 1. The maximum Gasteiger partial charge on any atom is 0.325 e. The summed E-state index contributed by atoms with van der Waals surface area (Å²) in [6, 6.07) is -0.785. The SMILES string of the molecule is CCCCCCCCCC(=O)NC(C)C(=O)O. The molecule has 2 N–H and O–H groups in total. The quantitative estimate of drug-likeness (QED) is 0.580. The average molecular weight is 243 g/mol. The van der Waals surface area contributed by atoms with Crippen molar-refractivity contribution in [3.8, 4) is 0 Å². The Morgan fingerprint density at radius 3 is 2.12 bits per heavy atom. The summed E-state index contributed by atoms with van der Waals surface area (Å²) in [6.07, 6.45) is 8.56. The topological polar surface area (TPSA) is 66.4 Å². The predicted octanol–water partition coefficient (Wildman–Crippen LogP) is 2.72. The summed E-state index contributed by atoms with van der Waals surface area (Å²) in [6.45, 7) is 3.67. The van der Waals surface area contributed by atoms with Gasteiger partial charge in [-0.25, -0.2) is 0 Å². The van der Waals surface area contributed by atoms with Crippen molar-refractivity contribution in [2.24, 2.45) is 0 Å². The lowest BCUT2D eigenvalue weighted by Gasteiger charge is -2.08. The standard InChI is InChI=1S/C13H25NO3/c1-3-4-5-6-7-8-9-10-12(15)14-11(2)13(16)17/h11H,3-10H2,1-2H3,(H,14,15)(H,16,17). The van der Waals surface area contributed by atoms with Crippen molar-refractivity contribution in [3.05, 3.63) is 0 Å². The second-order valence-corrected chi connectivity index (χ2v) is 4.50. The molecule has 0 bridgehead atoms. The third-order valence-electron chi connectivity index (χ3n) is 2.76. The van der Waals surface area contributed by atoms with Crippen LogP contribution in [0.25, 0.3) is 0 Å². The molecule has 0 saturated carbocycles. The normalized spacial score (nSPS) is 12.1. The molecule has 4 nitrogen and oxygen atoms in total. The largest absolute Gasteiger partial charge is 0.480 e. The van der Waals surface area contributed by atoms with Gasteiger partial charge in [0.25, 0.3) is 0 Å². The van der Waals surface area contributed by atoms with E-state index < -0.39 is 12.0 Å². The first-order valence-corrected chi connectivity index (χ1v) is 6.60. The minimum absolute atomic E-state index is 0.159. The number of unbranched alkanes of at least 4 members (excludes halogenated alkanes) is 6. The van der Waals surface area contributed by atoms with E-state index in [9.17, 15) is 9.59 Å². The van der Waals surface area contributed by atoms with E-state index in [2.05, 4.69) is 12.2 Å². The van der Waals surface area contributed by atoms with Gasteiger partial charge in [-0.15, -0.1) is 0 Å². The van der Waals surface area contributed by atoms with E-state index in [4.69, 9.17) is 5.11 Å². The number of rotatable bonds is 10. The molecule has 0 radical (unpaired) electrons. The van der Waals surface area contributed by atoms with Crippen LogP contribution in [0.4, 0.5) is 0 Å². The number of aliphatic carboxylic acids is 1. The number of hydrogen-bond acceptors (Lipinski definition) is 2. The zero-order chi connectivity index (χ0) is 13.1. The highest BCUT2D eigenvalue weighted by atomic mass is 16.4. The minimum Gasteiger partial charge on any atom is -0.480 e. The summed E-state index contributed by atoms with van der Waals surface area (Å²) < 4.78 is 0. The van der Waals surface area contributed by atoms with Gasteiger partial charge in [0.1, 0.15) is 6.04 Å². The molecule has 0 aliphatic heterocycles. The Balaban J connectivity index is 3.36. The molecule has 0 aromatic heterocycles. The number of carbonyl (C=O) groups is 2. The summed E-state index contributed by atoms with van der Waals surface area (Å²) in [5.41, 5.74) is 0. The van der Waals surface area contributed by atoms with Crippen LogP contribution in [0.5, 0.6) is 0 Å². The van der Waals surface area contributed by atoms with Crippen molar-refractivity contribution in [2.45, 2.75) is 71.3 Å². The van der Waals surface area contributed by atoms with Gasteiger partial charge >= 0.3 is 5.97 Å². The molecule has 0 aromatic rings. The molecule has 0 aliphatic rings. The number of hydrogen-bond donors (Lipinski definition) is 2. The molecule has 4 heteroatoms. The Morgan fingerprint density at radius 1 is 1.06 bits per heavy atom. The second-order valence-electron chi connectivity index (χ2n) is 4.50. The molecular formula is C13H25NO3. The predicted molar refractivity (Wildman–Crippen MR) is 67.9 cm³/mol. The highest BCUT2D eigenvalue weighted by molar-refractivity contribution is 5.83. The fourth-order valence-electron chi connectivity index (χ4n) is 1.62. The van der Waals surface area contributed by atoms with Crippen LogP contribution in [0.1, 0.15) is 65.2 Å². The third-order valence-corrected chi connectivity index (χ3v) is 2.76. The lowest BCUT2D eigenvalue weighted by Crippen LogP contribution is -2.38. The maximum atomic E-state index is 11.3. The molecule has 0 heterocycles. The zero-order valence-electron chi connectivity index (χ0n) is 11.0. The number of carbonyl (C=O) groups excluding carboxylic acids is 1. The van der Waals surface area contributed by atoms with E-state index in [1.165, 1.54) is 39.0 Å². The molecule has 1 unspecified atom stereocenters. The van der Waals surface area contributed by atoms with Gasteiger partial charge in [0.15, 0.2) is 0 Å². The lowest BCUT2D eigenvalue weighted by atomic mass is 10.1. The number of amides is 1. The molecule has 0 aromatic carbocycles. The van der Waals surface area contributed by atoms with Crippen LogP contribution in [0.15, 0.2) is 0 Å². The summed E-state index contributed by atoms with van der Waals surface area (Å²) in [5, 5.41) is 11.1. The molecule has 1 atom stereocenters. The van der Waals surface area contributed by atoms with Crippen molar-refractivity contribution < 1.29 is 14.7 Å². The van der Waals surface area contributed by atoms with E-state index in [1.807, 2.05) is 0 Å². The first-order valence-electron chi connectivity index (χ1n) is 6.60. The number of carboxylic acids is 1. The van der Waals surface area contributed by atoms with Gasteiger partial charge in [0, 0.05) is 6.42 Å². The summed E-state index contributed by atoms with van der Waals surface area (Å²) in [5.74, 6) is -1.15. The van der Waals surface area contributed by atoms with Crippen LogP contribution < -0.4 is 5.32 Å². The third kappa shape index (κ3) is 9.85. The van der Waals surface area contributed by atoms with Crippen LogP contribution in [0.2, 0.25) is 0 Å². The van der Waals surface area contributed by atoms with Crippen LogP contribution in [-0.2, 0) is 9.59 Å². The Bertz CT molecular complexity index is 229. The van der Waals surface area contributed by atoms with Crippen LogP contribution in [0, 0.1) is 0 Å². The zero-order valence-corrected chi connectivity index (χ0v) is 11.0. The van der Waals surface area contributed by atoms with Crippen LogP contribution >= 0.6 is 0 Å². The van der Waals surface area contributed by atoms with Gasteiger partial charge in [-0.2, -0.15) is 0 Å². The minimum atomic E-state index is -0.988. The average Bonchev–Trinajstić information content (AvgIpc) is 2.27. The second kappa shape index (κ2) is 10.1. The van der Waals surface area contributed by atoms with Crippen molar-refractivity contribution in [2.75, 3.05) is 0 Å². The van der Waals surface area contributed by atoms with E-state index >= 15 is 0 Å². The van der Waals surface area contributed by atoms with E-state index in [1.54, 1.807) is 0 Å². The highest BCUT2D eigenvalue weighted by Crippen LogP contribution is 2.08. The molecule has 0 fully saturated rings. The Hall–Kier alpha value is -1.06. The molecule has 100 valence electrons. The van der Waals surface area contributed by atoms with Gasteiger partial charge in [-0.3, -0.25) is 9.59 Å². The van der Waals surface area contributed by atoms with E-state index in [-0.39, 0.29) is 5.91 Å². The first-order chi connectivity index (χ1) is 8.07. The molecule has 0 rings (SSSR count). The van der Waals surface area contributed by atoms with Crippen LogP contribution in [0.3, 0.4) is 0 Å². The maximum absolute atomic E-state index is 11.3. The summed E-state index contributed by atoms with van der Waals surface area (Å²) in [7, 11) is 0. The molecule has 0 aliphatic carbocycles. The van der Waals surface area contributed by atoms with Crippen molar-refractivity contribution in [1.82, 2.24) is 5.32 Å². The molecule has 17 heavy (non-hydrogen) atoms. The molecule has 0 spiro atoms. The van der Waals surface area contributed by atoms with Crippen molar-refractivity contribution >= 4 is 11.9 Å². The summed E-state index contributed by atoms with van der Waals surface area (Å²) >= 11 is 0. The molecular weight excluding hydrogens is 218 g/mol. The van der Waals surface area contributed by atoms with E-state index in [0.29, 0.717) is 6.42 Å². The molecule has 0 saturated heterocycles. The highest BCUT2D eigenvalue weighted by Gasteiger charge is 2.12. The Labute approximate surface area is 104 Å². The lowest BCUT2D eigenvalue weighted by molar-refractivity contribution is -0.141. The first kappa shape index (κ1) is 15.9. The smallest absolute Gasteiger partial charge is 0.325 e. The fourth-order valence-corrected chi connectivity index (χ4v) is 1.62. The fraction of sp³-hybridized carbons (Fsp3) is 0.846. The monoisotopic (exact) mass is 243 g/mol.